The Kier molecular flexibility index (Phi) is 4.30. The van der Waals surface area contributed by atoms with Gasteiger partial charge in [-0.25, -0.2) is 0 Å². The second-order valence-corrected chi connectivity index (χ2v) is 4.71. The molecule has 1 fully saturated rings. The van der Waals surface area contributed by atoms with Crippen molar-refractivity contribution in [2.75, 3.05) is 26.7 Å². The number of hydrogen-bond acceptors (Lipinski definition) is 5. The Labute approximate surface area is 107 Å². The molecule has 18 heavy (non-hydrogen) atoms. The molecule has 100 valence electrons. The summed E-state index contributed by atoms with van der Waals surface area (Å²) >= 11 is 0. The summed E-state index contributed by atoms with van der Waals surface area (Å²) in [6.45, 7) is 4.07. The summed E-state index contributed by atoms with van der Waals surface area (Å²) in [5, 5.41) is 6.81. The molecular weight excluding hydrogens is 232 g/mol. The Hall–Kier alpha value is -1.43. The predicted octanol–water partition coefficient (Wildman–Crippen LogP) is 0.694. The number of rotatable bonds is 4. The number of likely N-dealkylation sites (tertiary alicyclic amines) is 1. The molecule has 0 aliphatic carbocycles. The van der Waals surface area contributed by atoms with Crippen LogP contribution in [0.2, 0.25) is 0 Å². The maximum absolute atomic E-state index is 12.0. The van der Waals surface area contributed by atoms with Crippen LogP contribution in [0.5, 0.6) is 0 Å². The quantitative estimate of drug-likeness (QED) is 0.853. The van der Waals surface area contributed by atoms with Crippen molar-refractivity contribution in [2.45, 2.75) is 32.1 Å². The largest absolute Gasteiger partial charge is 0.342 e. The zero-order chi connectivity index (χ0) is 13.0. The number of carbonyl (C=O) groups is 1. The number of carbonyl (C=O) groups excluding carboxylic acids is 1. The Morgan fingerprint density at radius 2 is 2.44 bits per heavy atom. The van der Waals surface area contributed by atoms with Crippen molar-refractivity contribution in [3.8, 4) is 0 Å². The minimum Gasteiger partial charge on any atom is -0.342 e. The third-order valence-electron chi connectivity index (χ3n) is 3.26. The van der Waals surface area contributed by atoms with Gasteiger partial charge in [-0.15, -0.1) is 0 Å². The lowest BCUT2D eigenvalue weighted by atomic mass is 9.97. The van der Waals surface area contributed by atoms with Gasteiger partial charge >= 0.3 is 0 Å². The summed E-state index contributed by atoms with van der Waals surface area (Å²) in [7, 11) is 1.85. The number of piperidine rings is 1. The molecule has 1 atom stereocenters. The molecule has 1 aliphatic heterocycles. The first kappa shape index (κ1) is 13.0. The van der Waals surface area contributed by atoms with E-state index in [2.05, 4.69) is 15.5 Å². The molecule has 0 bridgehead atoms. The van der Waals surface area contributed by atoms with E-state index >= 15 is 0 Å². The molecule has 1 N–H and O–H groups in total. The lowest BCUT2D eigenvalue weighted by molar-refractivity contribution is -0.132. The maximum atomic E-state index is 12.0. The van der Waals surface area contributed by atoms with Crippen LogP contribution in [0.1, 0.15) is 36.9 Å². The second-order valence-electron chi connectivity index (χ2n) is 4.71. The van der Waals surface area contributed by atoms with Crippen LogP contribution in [0.15, 0.2) is 4.52 Å². The van der Waals surface area contributed by atoms with Crippen molar-refractivity contribution in [3.05, 3.63) is 11.7 Å². The molecule has 1 aromatic heterocycles. The zero-order valence-electron chi connectivity index (χ0n) is 11.0. The summed E-state index contributed by atoms with van der Waals surface area (Å²) in [6.07, 6.45) is 2.56. The van der Waals surface area contributed by atoms with Crippen LogP contribution in [0.25, 0.3) is 0 Å². The fourth-order valence-electron chi connectivity index (χ4n) is 2.27. The minimum absolute atomic E-state index is 0.193. The van der Waals surface area contributed by atoms with E-state index in [0.717, 1.165) is 25.9 Å². The highest BCUT2D eigenvalue weighted by Gasteiger charge is 2.27. The van der Waals surface area contributed by atoms with Crippen LogP contribution in [0, 0.1) is 6.92 Å². The van der Waals surface area contributed by atoms with Crippen LogP contribution < -0.4 is 5.32 Å². The standard InChI is InChI=1S/C12H20N4O2/c1-9-14-12(18-15-9)10-4-3-7-16(8-10)11(17)5-6-13-2/h10,13H,3-8H2,1-2H3. The van der Waals surface area contributed by atoms with E-state index in [4.69, 9.17) is 4.52 Å². The Morgan fingerprint density at radius 1 is 1.61 bits per heavy atom. The molecule has 0 aromatic carbocycles. The number of nitrogens with zero attached hydrogens (tertiary/aromatic N) is 3. The molecule has 1 unspecified atom stereocenters. The van der Waals surface area contributed by atoms with Gasteiger partial charge in [0.1, 0.15) is 0 Å². The van der Waals surface area contributed by atoms with Gasteiger partial charge in [0.05, 0.1) is 5.92 Å². The highest BCUT2D eigenvalue weighted by atomic mass is 16.5. The van der Waals surface area contributed by atoms with Crippen molar-refractivity contribution < 1.29 is 9.32 Å². The molecule has 0 saturated carbocycles. The van der Waals surface area contributed by atoms with Crippen LogP contribution in [-0.2, 0) is 4.79 Å². The lowest BCUT2D eigenvalue weighted by Gasteiger charge is -2.31. The molecule has 1 saturated heterocycles. The topological polar surface area (TPSA) is 71.3 Å². The smallest absolute Gasteiger partial charge is 0.231 e. The second kappa shape index (κ2) is 5.95. The third-order valence-corrected chi connectivity index (χ3v) is 3.26. The molecule has 1 amide bonds. The molecule has 2 heterocycles. The average molecular weight is 252 g/mol. The first-order valence-electron chi connectivity index (χ1n) is 6.43. The van der Waals surface area contributed by atoms with E-state index in [1.165, 1.54) is 0 Å². The minimum atomic E-state index is 0.193. The molecule has 6 heteroatoms. The zero-order valence-corrected chi connectivity index (χ0v) is 11.0. The van der Waals surface area contributed by atoms with Gasteiger partial charge in [0.2, 0.25) is 11.8 Å². The molecule has 6 nitrogen and oxygen atoms in total. The van der Waals surface area contributed by atoms with Crippen molar-refractivity contribution >= 4 is 5.91 Å². The summed E-state index contributed by atoms with van der Waals surface area (Å²) < 4.78 is 5.20. The number of nitrogens with one attached hydrogen (secondary N) is 1. The van der Waals surface area contributed by atoms with Gasteiger partial charge in [-0.2, -0.15) is 4.98 Å². The van der Waals surface area contributed by atoms with Gasteiger partial charge in [-0.05, 0) is 26.8 Å². The normalized spacial score (nSPS) is 20.1. The van der Waals surface area contributed by atoms with Crippen molar-refractivity contribution in [1.29, 1.82) is 0 Å². The van der Waals surface area contributed by atoms with Gasteiger partial charge in [0.25, 0.3) is 0 Å². The van der Waals surface area contributed by atoms with Crippen molar-refractivity contribution in [2.24, 2.45) is 0 Å². The summed E-state index contributed by atoms with van der Waals surface area (Å²) in [5.74, 6) is 1.71. The monoisotopic (exact) mass is 252 g/mol. The maximum Gasteiger partial charge on any atom is 0.231 e. The number of amides is 1. The fourth-order valence-corrected chi connectivity index (χ4v) is 2.27. The summed E-state index contributed by atoms with van der Waals surface area (Å²) in [4.78, 5) is 18.1. The Bertz CT molecular complexity index is 405. The molecule has 1 aromatic rings. The van der Waals surface area contributed by atoms with E-state index in [0.29, 0.717) is 24.7 Å². The van der Waals surface area contributed by atoms with Crippen LogP contribution in [0.3, 0.4) is 0 Å². The van der Waals surface area contributed by atoms with E-state index in [9.17, 15) is 4.79 Å². The van der Waals surface area contributed by atoms with Gasteiger partial charge in [0.15, 0.2) is 5.82 Å². The van der Waals surface area contributed by atoms with Gasteiger partial charge in [-0.1, -0.05) is 5.16 Å². The number of hydrogen-bond donors (Lipinski definition) is 1. The number of aryl methyl sites for hydroxylation is 1. The molecule has 1 aliphatic rings. The summed E-state index contributed by atoms with van der Waals surface area (Å²) in [5.41, 5.74) is 0. The van der Waals surface area contributed by atoms with Crippen LogP contribution >= 0.6 is 0 Å². The highest BCUT2D eigenvalue weighted by molar-refractivity contribution is 5.76. The van der Waals surface area contributed by atoms with Crippen LogP contribution in [0.4, 0.5) is 0 Å². The SMILES string of the molecule is CNCCC(=O)N1CCCC(c2nc(C)no2)C1. The molecule has 0 radical (unpaired) electrons. The van der Waals surface area contributed by atoms with Crippen LogP contribution in [-0.4, -0.2) is 47.6 Å². The van der Waals surface area contributed by atoms with E-state index in [-0.39, 0.29) is 11.8 Å². The van der Waals surface area contributed by atoms with E-state index in [1.807, 2.05) is 18.9 Å². The number of aromatic nitrogens is 2. The first-order valence-corrected chi connectivity index (χ1v) is 6.43. The van der Waals surface area contributed by atoms with Gasteiger partial charge in [0, 0.05) is 26.1 Å². The molecule has 2 rings (SSSR count). The average Bonchev–Trinajstić information content (AvgIpc) is 2.83. The molecular formula is C12H20N4O2. The Morgan fingerprint density at radius 3 is 3.11 bits per heavy atom. The Balaban J connectivity index is 1.94. The highest BCUT2D eigenvalue weighted by Crippen LogP contribution is 2.25. The van der Waals surface area contributed by atoms with Crippen molar-refractivity contribution in [1.82, 2.24) is 20.4 Å². The van der Waals surface area contributed by atoms with Gasteiger partial charge < -0.3 is 14.7 Å². The fraction of sp³-hybridized carbons (Fsp3) is 0.750. The third kappa shape index (κ3) is 3.07. The van der Waals surface area contributed by atoms with Crippen molar-refractivity contribution in [3.63, 3.8) is 0 Å². The molecule has 0 spiro atoms. The van der Waals surface area contributed by atoms with E-state index in [1.54, 1.807) is 0 Å². The summed E-state index contributed by atoms with van der Waals surface area (Å²) in [6, 6.07) is 0. The predicted molar refractivity (Wildman–Crippen MR) is 66.1 cm³/mol. The van der Waals surface area contributed by atoms with E-state index < -0.39 is 0 Å². The first-order chi connectivity index (χ1) is 8.70. The lowest BCUT2D eigenvalue weighted by Crippen LogP contribution is -2.40. The van der Waals surface area contributed by atoms with Gasteiger partial charge in [-0.3, -0.25) is 4.79 Å².